The maximum atomic E-state index is 10.4. The number of hydrogen-bond acceptors (Lipinski definition) is 1. The Bertz CT molecular complexity index is 225. The fourth-order valence-electron chi connectivity index (χ4n) is 1.43. The molecule has 0 spiro atoms. The van der Waals surface area contributed by atoms with Crippen molar-refractivity contribution >= 4 is 6.29 Å². The highest BCUT2D eigenvalue weighted by atomic mass is 16.1. The molecule has 0 rings (SSSR count). The first kappa shape index (κ1) is 14.2. The Hall–Kier alpha value is -0.850. The highest BCUT2D eigenvalue weighted by molar-refractivity contribution is 5.52. The summed E-state index contributed by atoms with van der Waals surface area (Å²) in [5.74, 6) is 0.199. The van der Waals surface area contributed by atoms with Gasteiger partial charge in [-0.15, -0.1) is 6.58 Å². The Morgan fingerprint density at radius 3 is 2.53 bits per heavy atom. The predicted octanol–water partition coefficient (Wildman–Crippen LogP) is 4.29. The lowest BCUT2D eigenvalue weighted by Gasteiger charge is -2.03. The standard InChI is InChI=1S/C14H24O/c1-12(2)7-5-8-13(3)9-6-10-14(4)11-15/h9,11,14H,1,5-8,10H2,2-4H3/b13-9+. The first-order valence-corrected chi connectivity index (χ1v) is 5.81. The molecule has 0 saturated heterocycles. The third-order valence-corrected chi connectivity index (χ3v) is 2.52. The van der Waals surface area contributed by atoms with Crippen molar-refractivity contribution in [3.8, 4) is 0 Å². The fourth-order valence-corrected chi connectivity index (χ4v) is 1.43. The van der Waals surface area contributed by atoms with Crippen LogP contribution >= 0.6 is 0 Å². The second-order valence-electron chi connectivity index (χ2n) is 4.55. The molecule has 0 aromatic carbocycles. The smallest absolute Gasteiger partial charge is 0.122 e. The highest BCUT2D eigenvalue weighted by Crippen LogP contribution is 2.12. The molecule has 15 heavy (non-hydrogen) atoms. The van der Waals surface area contributed by atoms with Gasteiger partial charge in [-0.1, -0.05) is 24.1 Å². The summed E-state index contributed by atoms with van der Waals surface area (Å²) in [5.41, 5.74) is 2.70. The maximum absolute atomic E-state index is 10.4. The molecule has 0 aromatic heterocycles. The monoisotopic (exact) mass is 208 g/mol. The zero-order valence-electron chi connectivity index (χ0n) is 10.4. The lowest BCUT2D eigenvalue weighted by Crippen LogP contribution is -1.93. The van der Waals surface area contributed by atoms with Gasteiger partial charge in [-0.2, -0.15) is 0 Å². The molecule has 1 unspecified atom stereocenters. The molecule has 0 N–H and O–H groups in total. The van der Waals surface area contributed by atoms with E-state index in [1.165, 1.54) is 17.6 Å². The van der Waals surface area contributed by atoms with Gasteiger partial charge in [-0.3, -0.25) is 0 Å². The third-order valence-electron chi connectivity index (χ3n) is 2.52. The summed E-state index contributed by atoms with van der Waals surface area (Å²) >= 11 is 0. The van der Waals surface area contributed by atoms with Gasteiger partial charge in [0.2, 0.25) is 0 Å². The second kappa shape index (κ2) is 8.46. The molecular formula is C14H24O. The lowest BCUT2D eigenvalue weighted by molar-refractivity contribution is -0.110. The molecule has 1 atom stereocenters. The van der Waals surface area contributed by atoms with E-state index in [9.17, 15) is 4.79 Å². The average Bonchev–Trinajstić information content (AvgIpc) is 2.17. The quantitative estimate of drug-likeness (QED) is 0.429. The molecule has 1 heteroatoms. The minimum Gasteiger partial charge on any atom is -0.303 e. The SMILES string of the molecule is C=C(C)CCC/C(C)=C/CCC(C)C=O. The second-order valence-corrected chi connectivity index (χ2v) is 4.55. The Labute approximate surface area is 94.3 Å². The molecule has 0 radical (unpaired) electrons. The predicted molar refractivity (Wildman–Crippen MR) is 66.9 cm³/mol. The van der Waals surface area contributed by atoms with Crippen LogP contribution < -0.4 is 0 Å². The Balaban J connectivity index is 3.60. The van der Waals surface area contributed by atoms with Crippen LogP contribution in [0.15, 0.2) is 23.8 Å². The van der Waals surface area contributed by atoms with Gasteiger partial charge < -0.3 is 4.79 Å². The van der Waals surface area contributed by atoms with Crippen LogP contribution in [0.3, 0.4) is 0 Å². The van der Waals surface area contributed by atoms with Crippen molar-refractivity contribution in [2.75, 3.05) is 0 Å². The van der Waals surface area contributed by atoms with Gasteiger partial charge >= 0.3 is 0 Å². The third kappa shape index (κ3) is 9.45. The molecule has 86 valence electrons. The summed E-state index contributed by atoms with van der Waals surface area (Å²) in [6.07, 6.45) is 8.77. The van der Waals surface area contributed by atoms with Crippen LogP contribution in [0.1, 0.15) is 52.9 Å². The molecule has 0 bridgehead atoms. The summed E-state index contributed by atoms with van der Waals surface area (Å²) in [5, 5.41) is 0. The van der Waals surface area contributed by atoms with Crippen LogP contribution in [-0.4, -0.2) is 6.29 Å². The van der Waals surface area contributed by atoms with Crippen molar-refractivity contribution < 1.29 is 4.79 Å². The highest BCUT2D eigenvalue weighted by Gasteiger charge is 1.97. The first-order valence-electron chi connectivity index (χ1n) is 5.81. The Morgan fingerprint density at radius 2 is 2.00 bits per heavy atom. The van der Waals surface area contributed by atoms with Crippen molar-refractivity contribution in [2.45, 2.75) is 52.9 Å². The van der Waals surface area contributed by atoms with E-state index in [1.807, 2.05) is 6.92 Å². The Morgan fingerprint density at radius 1 is 1.33 bits per heavy atom. The van der Waals surface area contributed by atoms with E-state index >= 15 is 0 Å². The van der Waals surface area contributed by atoms with Gasteiger partial charge in [-0.25, -0.2) is 0 Å². The van der Waals surface area contributed by atoms with Crippen LogP contribution in [0.2, 0.25) is 0 Å². The molecule has 1 nitrogen and oxygen atoms in total. The number of carbonyl (C=O) groups is 1. The van der Waals surface area contributed by atoms with Crippen LogP contribution in [-0.2, 0) is 4.79 Å². The minimum atomic E-state index is 0.199. The van der Waals surface area contributed by atoms with Gasteiger partial charge in [0.05, 0.1) is 0 Å². The van der Waals surface area contributed by atoms with Crippen molar-refractivity contribution in [1.29, 1.82) is 0 Å². The van der Waals surface area contributed by atoms with Crippen molar-refractivity contribution in [2.24, 2.45) is 5.92 Å². The topological polar surface area (TPSA) is 17.1 Å². The van der Waals surface area contributed by atoms with E-state index in [-0.39, 0.29) is 5.92 Å². The van der Waals surface area contributed by atoms with Crippen LogP contribution in [0.25, 0.3) is 0 Å². The number of carbonyl (C=O) groups excluding carboxylic acids is 1. The summed E-state index contributed by atoms with van der Waals surface area (Å²) in [6.45, 7) is 10.1. The minimum absolute atomic E-state index is 0.199. The molecule has 0 aliphatic carbocycles. The zero-order valence-corrected chi connectivity index (χ0v) is 10.4. The molecule has 0 amide bonds. The van der Waals surface area contributed by atoms with Crippen molar-refractivity contribution in [3.05, 3.63) is 23.8 Å². The van der Waals surface area contributed by atoms with Gasteiger partial charge in [0.1, 0.15) is 6.29 Å². The van der Waals surface area contributed by atoms with Gasteiger partial charge in [-0.05, 0) is 46.0 Å². The summed E-state index contributed by atoms with van der Waals surface area (Å²) < 4.78 is 0. The van der Waals surface area contributed by atoms with Crippen molar-refractivity contribution in [1.82, 2.24) is 0 Å². The molecule has 0 aliphatic heterocycles. The normalized spacial score (nSPS) is 13.7. The molecule has 0 aromatic rings. The molecule has 0 heterocycles. The number of aldehydes is 1. The van der Waals surface area contributed by atoms with Crippen LogP contribution in [0.4, 0.5) is 0 Å². The van der Waals surface area contributed by atoms with E-state index in [0.29, 0.717) is 0 Å². The first-order chi connectivity index (χ1) is 7.06. The van der Waals surface area contributed by atoms with E-state index in [2.05, 4.69) is 26.5 Å². The molecule has 0 saturated carbocycles. The lowest BCUT2D eigenvalue weighted by atomic mass is 10.0. The summed E-state index contributed by atoms with van der Waals surface area (Å²) in [6, 6.07) is 0. The number of allylic oxidation sites excluding steroid dienone is 3. The van der Waals surface area contributed by atoms with Crippen LogP contribution in [0.5, 0.6) is 0 Å². The number of hydrogen-bond donors (Lipinski definition) is 0. The van der Waals surface area contributed by atoms with Crippen molar-refractivity contribution in [3.63, 3.8) is 0 Å². The molecule has 0 aliphatic rings. The maximum Gasteiger partial charge on any atom is 0.122 e. The molecular weight excluding hydrogens is 184 g/mol. The van der Waals surface area contributed by atoms with E-state index in [1.54, 1.807) is 0 Å². The number of rotatable bonds is 8. The fraction of sp³-hybridized carbons (Fsp3) is 0.643. The van der Waals surface area contributed by atoms with E-state index in [0.717, 1.165) is 32.0 Å². The van der Waals surface area contributed by atoms with Crippen LogP contribution in [0, 0.1) is 5.92 Å². The Kier molecular flexibility index (Phi) is 7.98. The van der Waals surface area contributed by atoms with E-state index in [4.69, 9.17) is 0 Å². The average molecular weight is 208 g/mol. The zero-order chi connectivity index (χ0) is 11.7. The summed E-state index contributed by atoms with van der Waals surface area (Å²) in [4.78, 5) is 10.4. The molecule has 0 fully saturated rings. The van der Waals surface area contributed by atoms with E-state index < -0.39 is 0 Å². The van der Waals surface area contributed by atoms with Gasteiger partial charge in [0, 0.05) is 5.92 Å². The van der Waals surface area contributed by atoms with Gasteiger partial charge in [0.15, 0.2) is 0 Å². The largest absolute Gasteiger partial charge is 0.303 e. The van der Waals surface area contributed by atoms with Gasteiger partial charge in [0.25, 0.3) is 0 Å². The summed E-state index contributed by atoms with van der Waals surface area (Å²) in [7, 11) is 0.